The average Bonchev–Trinajstić information content (AvgIpc) is 3.25. The molecule has 1 fully saturated rings. The quantitative estimate of drug-likeness (QED) is 0.672. The van der Waals surface area contributed by atoms with E-state index in [9.17, 15) is 4.79 Å². The molecule has 0 amide bonds. The third-order valence-corrected chi connectivity index (χ3v) is 4.85. The first-order valence-electron chi connectivity index (χ1n) is 7.59. The number of Topliss-reactive ketones (excluding diaryl/α,β-unsaturated/α-hetero) is 1. The van der Waals surface area contributed by atoms with Crippen LogP contribution in [0, 0.1) is 0 Å². The van der Waals surface area contributed by atoms with Gasteiger partial charge in [-0.2, -0.15) is 0 Å². The summed E-state index contributed by atoms with van der Waals surface area (Å²) in [6.07, 6.45) is 5.98. The Morgan fingerprint density at radius 3 is 3.26 bits per heavy atom. The Hall–Kier alpha value is -1.96. The molecule has 1 aliphatic rings. The van der Waals surface area contributed by atoms with E-state index in [1.807, 2.05) is 22.2 Å². The molecule has 120 valence electrons. The number of fused-ring (bicyclic) bond motifs is 1. The topological polar surface area (TPSA) is 60.0 Å². The summed E-state index contributed by atoms with van der Waals surface area (Å²) in [5, 5.41) is 2.02. The van der Waals surface area contributed by atoms with Gasteiger partial charge < -0.3 is 9.15 Å². The zero-order chi connectivity index (χ0) is 15.6. The minimum absolute atomic E-state index is 0.0151. The highest BCUT2D eigenvalue weighted by Gasteiger charge is 2.27. The Morgan fingerprint density at radius 1 is 1.48 bits per heavy atom. The molecule has 3 aromatic heterocycles. The third-order valence-electron chi connectivity index (χ3n) is 4.07. The third kappa shape index (κ3) is 3.08. The number of imidazole rings is 1. The van der Waals surface area contributed by atoms with E-state index >= 15 is 0 Å². The van der Waals surface area contributed by atoms with Gasteiger partial charge in [-0.05, 0) is 12.1 Å². The number of thiazole rings is 1. The summed E-state index contributed by atoms with van der Waals surface area (Å²) in [6, 6.07) is 3.50. The van der Waals surface area contributed by atoms with Crippen LogP contribution in [0.4, 0.5) is 0 Å². The van der Waals surface area contributed by atoms with Gasteiger partial charge in [0.05, 0.1) is 25.2 Å². The molecule has 0 radical (unpaired) electrons. The molecule has 0 spiro atoms. The summed E-state index contributed by atoms with van der Waals surface area (Å²) in [7, 11) is 0. The van der Waals surface area contributed by atoms with Crippen LogP contribution >= 0.6 is 11.3 Å². The van der Waals surface area contributed by atoms with Crippen molar-refractivity contribution in [2.75, 3.05) is 19.8 Å². The summed E-state index contributed by atoms with van der Waals surface area (Å²) in [4.78, 5) is 20.2. The molecule has 4 rings (SSSR count). The number of carbonyl (C=O) groups is 1. The van der Waals surface area contributed by atoms with E-state index in [2.05, 4.69) is 9.88 Å². The number of ketones is 1. The lowest BCUT2D eigenvalue weighted by atomic mass is 10.1. The Kier molecular flexibility index (Phi) is 3.99. The van der Waals surface area contributed by atoms with Crippen LogP contribution in [0.3, 0.4) is 0 Å². The number of morpholine rings is 1. The van der Waals surface area contributed by atoms with Gasteiger partial charge >= 0.3 is 0 Å². The summed E-state index contributed by atoms with van der Waals surface area (Å²) >= 11 is 1.62. The summed E-state index contributed by atoms with van der Waals surface area (Å²) in [5.41, 5.74) is 1.02. The number of rotatable bonds is 5. The number of ether oxygens (including phenoxy) is 1. The van der Waals surface area contributed by atoms with Gasteiger partial charge in [0.2, 0.25) is 0 Å². The minimum Gasteiger partial charge on any atom is -0.461 e. The molecule has 0 N–H and O–H groups in total. The molecule has 0 unspecified atom stereocenters. The number of nitrogens with zero attached hydrogens (tertiary/aromatic N) is 3. The zero-order valence-corrected chi connectivity index (χ0v) is 13.4. The fourth-order valence-corrected chi connectivity index (χ4v) is 3.62. The van der Waals surface area contributed by atoms with Crippen LogP contribution in [0.1, 0.15) is 22.7 Å². The molecular weight excluding hydrogens is 314 g/mol. The van der Waals surface area contributed by atoms with Crippen molar-refractivity contribution in [3.05, 3.63) is 47.6 Å². The van der Waals surface area contributed by atoms with Crippen molar-refractivity contribution in [1.29, 1.82) is 0 Å². The standard InChI is InChI=1S/C16H17N3O3S/c20-14(15-2-1-5-22-15)8-13-11-21-6-3-18(13)9-12-10-19-4-7-23-16(19)17-12/h1-2,4-5,7,10,13H,3,6,8-9,11H2/t13-/m1/s1. The number of aromatic nitrogens is 2. The molecule has 0 saturated carbocycles. The number of furan rings is 1. The van der Waals surface area contributed by atoms with Crippen molar-refractivity contribution in [2.24, 2.45) is 0 Å². The molecule has 6 nitrogen and oxygen atoms in total. The lowest BCUT2D eigenvalue weighted by molar-refractivity contribution is -0.0132. The highest BCUT2D eigenvalue weighted by molar-refractivity contribution is 7.15. The second-order valence-electron chi connectivity index (χ2n) is 5.63. The van der Waals surface area contributed by atoms with Gasteiger partial charge in [0.1, 0.15) is 0 Å². The smallest absolute Gasteiger partial charge is 0.199 e. The lowest BCUT2D eigenvalue weighted by Crippen LogP contribution is -2.45. The first-order chi connectivity index (χ1) is 11.3. The zero-order valence-electron chi connectivity index (χ0n) is 12.6. The summed E-state index contributed by atoms with van der Waals surface area (Å²) in [6.45, 7) is 2.79. The molecule has 4 heterocycles. The lowest BCUT2D eigenvalue weighted by Gasteiger charge is -2.34. The number of carbonyl (C=O) groups excluding carboxylic acids is 1. The van der Waals surface area contributed by atoms with Gasteiger partial charge in [0, 0.05) is 43.3 Å². The van der Waals surface area contributed by atoms with Crippen molar-refractivity contribution < 1.29 is 13.9 Å². The predicted octanol–water partition coefficient (Wildman–Crippen LogP) is 2.46. The first kappa shape index (κ1) is 14.6. The van der Waals surface area contributed by atoms with Crippen LogP contribution in [0.15, 0.2) is 40.6 Å². The van der Waals surface area contributed by atoms with Crippen LogP contribution in [-0.2, 0) is 11.3 Å². The van der Waals surface area contributed by atoms with Gasteiger partial charge in [-0.25, -0.2) is 4.98 Å². The predicted molar refractivity (Wildman–Crippen MR) is 85.7 cm³/mol. The van der Waals surface area contributed by atoms with Gasteiger partial charge in [-0.3, -0.25) is 14.1 Å². The molecule has 1 atom stereocenters. The second kappa shape index (κ2) is 6.27. The van der Waals surface area contributed by atoms with Crippen LogP contribution in [0.5, 0.6) is 0 Å². The molecule has 0 bridgehead atoms. The Labute approximate surface area is 137 Å². The highest BCUT2D eigenvalue weighted by Crippen LogP contribution is 2.19. The van der Waals surface area contributed by atoms with Crippen LogP contribution < -0.4 is 0 Å². The maximum absolute atomic E-state index is 12.3. The van der Waals surface area contributed by atoms with E-state index in [0.29, 0.717) is 25.4 Å². The molecule has 23 heavy (non-hydrogen) atoms. The molecule has 0 aromatic carbocycles. The number of hydrogen-bond donors (Lipinski definition) is 0. The first-order valence-corrected chi connectivity index (χ1v) is 8.47. The van der Waals surface area contributed by atoms with E-state index in [4.69, 9.17) is 9.15 Å². The van der Waals surface area contributed by atoms with E-state index in [-0.39, 0.29) is 11.8 Å². The molecule has 3 aromatic rings. The summed E-state index contributed by atoms with van der Waals surface area (Å²) in [5.74, 6) is 0.430. The fraction of sp³-hybridized carbons (Fsp3) is 0.375. The summed E-state index contributed by atoms with van der Waals surface area (Å²) < 4.78 is 12.8. The van der Waals surface area contributed by atoms with Crippen molar-refractivity contribution in [2.45, 2.75) is 19.0 Å². The largest absolute Gasteiger partial charge is 0.461 e. The van der Waals surface area contributed by atoms with Gasteiger partial charge in [0.25, 0.3) is 0 Å². The van der Waals surface area contributed by atoms with Gasteiger partial charge in [0.15, 0.2) is 16.5 Å². The van der Waals surface area contributed by atoms with E-state index < -0.39 is 0 Å². The van der Waals surface area contributed by atoms with Crippen molar-refractivity contribution in [3.8, 4) is 0 Å². The van der Waals surface area contributed by atoms with Crippen LogP contribution in [-0.4, -0.2) is 45.9 Å². The van der Waals surface area contributed by atoms with Crippen molar-refractivity contribution in [3.63, 3.8) is 0 Å². The highest BCUT2D eigenvalue weighted by atomic mass is 32.1. The van der Waals surface area contributed by atoms with Crippen molar-refractivity contribution >= 4 is 22.1 Å². The minimum atomic E-state index is 0.0151. The monoisotopic (exact) mass is 331 g/mol. The Balaban J connectivity index is 1.46. The SMILES string of the molecule is O=C(C[C@@H]1COCCN1Cc1cn2ccsc2n1)c1ccco1. The second-order valence-corrected chi connectivity index (χ2v) is 6.50. The molecule has 0 aliphatic carbocycles. The fourth-order valence-electron chi connectivity index (χ4n) is 2.90. The normalized spacial score (nSPS) is 19.4. The molecule has 1 saturated heterocycles. The molecule has 1 aliphatic heterocycles. The number of hydrogen-bond acceptors (Lipinski definition) is 6. The van der Waals surface area contributed by atoms with E-state index in [1.165, 1.54) is 6.26 Å². The molecule has 7 heteroatoms. The van der Waals surface area contributed by atoms with Gasteiger partial charge in [-0.15, -0.1) is 11.3 Å². The Morgan fingerprint density at radius 2 is 2.43 bits per heavy atom. The van der Waals surface area contributed by atoms with E-state index in [1.54, 1.807) is 23.5 Å². The van der Waals surface area contributed by atoms with Crippen molar-refractivity contribution in [1.82, 2.24) is 14.3 Å². The van der Waals surface area contributed by atoms with Gasteiger partial charge in [-0.1, -0.05) is 0 Å². The maximum Gasteiger partial charge on any atom is 0.199 e. The average molecular weight is 331 g/mol. The van der Waals surface area contributed by atoms with E-state index in [0.717, 1.165) is 23.7 Å². The maximum atomic E-state index is 12.3. The molecular formula is C16H17N3O3S. The van der Waals surface area contributed by atoms with Crippen LogP contribution in [0.25, 0.3) is 4.96 Å². The Bertz CT molecular complexity index is 764. The van der Waals surface area contributed by atoms with Crippen LogP contribution in [0.2, 0.25) is 0 Å².